The zero-order chi connectivity index (χ0) is 14.3. The number of rotatable bonds is 6. The zero-order valence-electron chi connectivity index (χ0n) is 11.4. The molecule has 1 aliphatic rings. The van der Waals surface area contributed by atoms with Crippen molar-refractivity contribution in [3.05, 3.63) is 0 Å². The van der Waals surface area contributed by atoms with E-state index in [4.69, 9.17) is 17.0 Å². The Morgan fingerprint density at radius 1 is 1.58 bits per heavy atom. The van der Waals surface area contributed by atoms with Crippen molar-refractivity contribution < 1.29 is 13.2 Å². The Kier molecular flexibility index (Phi) is 7.41. The molecule has 1 unspecified atom stereocenters. The van der Waals surface area contributed by atoms with Crippen molar-refractivity contribution in [2.45, 2.75) is 18.7 Å². The molecule has 0 aliphatic carbocycles. The van der Waals surface area contributed by atoms with Gasteiger partial charge in [-0.1, -0.05) is 6.92 Å². The molecule has 112 valence electrons. The first-order valence-corrected chi connectivity index (χ1v) is 9.63. The highest BCUT2D eigenvalue weighted by molar-refractivity contribution is 8.01. The third-order valence-electron chi connectivity index (χ3n) is 2.96. The molecule has 0 spiro atoms. The van der Waals surface area contributed by atoms with Crippen molar-refractivity contribution in [2.75, 3.05) is 44.1 Å². The van der Waals surface area contributed by atoms with E-state index in [9.17, 15) is 8.42 Å². The highest BCUT2D eigenvalue weighted by atomic mass is 32.2. The third-order valence-corrected chi connectivity index (χ3v) is 6.63. The normalized spacial score (nSPS) is 20.3. The molecular formula is C11H22N2O3S3. The maximum Gasteiger partial charge on any atom is 0.171 e. The fraction of sp³-hybridized carbons (Fsp3) is 0.909. The van der Waals surface area contributed by atoms with Crippen molar-refractivity contribution in [1.29, 1.82) is 0 Å². The fourth-order valence-electron chi connectivity index (χ4n) is 1.82. The van der Waals surface area contributed by atoms with Crippen LogP contribution in [-0.2, 0) is 14.6 Å². The van der Waals surface area contributed by atoms with Crippen LogP contribution in [0.25, 0.3) is 0 Å². The maximum atomic E-state index is 12.1. The average molecular weight is 327 g/mol. The SMILES string of the molecule is CCS(=O)(=O)C1CSCCN1C(=S)NCCCOC. The lowest BCUT2D eigenvalue weighted by Gasteiger charge is -2.36. The van der Waals surface area contributed by atoms with Gasteiger partial charge in [0.2, 0.25) is 0 Å². The molecule has 1 heterocycles. The van der Waals surface area contributed by atoms with Gasteiger partial charge in [-0.05, 0) is 18.6 Å². The lowest BCUT2D eigenvalue weighted by molar-refractivity contribution is 0.195. The summed E-state index contributed by atoms with van der Waals surface area (Å²) < 4.78 is 29.1. The fourth-order valence-corrected chi connectivity index (χ4v) is 5.18. The monoisotopic (exact) mass is 326 g/mol. The molecule has 0 amide bonds. The minimum Gasteiger partial charge on any atom is -0.385 e. The van der Waals surface area contributed by atoms with Gasteiger partial charge in [0.1, 0.15) is 5.37 Å². The highest BCUT2D eigenvalue weighted by Crippen LogP contribution is 2.21. The summed E-state index contributed by atoms with van der Waals surface area (Å²) in [5, 5.41) is 3.17. The van der Waals surface area contributed by atoms with Crippen LogP contribution in [0.2, 0.25) is 0 Å². The molecule has 0 bridgehead atoms. The van der Waals surface area contributed by atoms with E-state index < -0.39 is 15.2 Å². The van der Waals surface area contributed by atoms with Crippen molar-refractivity contribution in [1.82, 2.24) is 10.2 Å². The van der Waals surface area contributed by atoms with Gasteiger partial charge in [0, 0.05) is 44.1 Å². The first-order chi connectivity index (χ1) is 9.03. The molecule has 1 fully saturated rings. The Morgan fingerprint density at radius 2 is 2.32 bits per heavy atom. The predicted molar refractivity (Wildman–Crippen MR) is 84.4 cm³/mol. The van der Waals surface area contributed by atoms with Crippen molar-refractivity contribution >= 4 is 38.9 Å². The molecule has 19 heavy (non-hydrogen) atoms. The smallest absolute Gasteiger partial charge is 0.171 e. The van der Waals surface area contributed by atoms with E-state index in [1.54, 1.807) is 25.8 Å². The van der Waals surface area contributed by atoms with E-state index in [2.05, 4.69) is 5.32 Å². The number of thiocarbonyl (C=S) groups is 1. The molecule has 1 saturated heterocycles. The predicted octanol–water partition coefficient (Wildman–Crippen LogP) is 0.707. The van der Waals surface area contributed by atoms with Gasteiger partial charge in [-0.15, -0.1) is 0 Å². The van der Waals surface area contributed by atoms with Crippen LogP contribution in [0.4, 0.5) is 0 Å². The summed E-state index contributed by atoms with van der Waals surface area (Å²) in [6, 6.07) is 0. The largest absolute Gasteiger partial charge is 0.385 e. The molecule has 8 heteroatoms. The minimum atomic E-state index is -3.10. The summed E-state index contributed by atoms with van der Waals surface area (Å²) >= 11 is 6.99. The lowest BCUT2D eigenvalue weighted by Crippen LogP contribution is -2.54. The van der Waals surface area contributed by atoms with Crippen LogP contribution in [0.1, 0.15) is 13.3 Å². The van der Waals surface area contributed by atoms with Crippen LogP contribution < -0.4 is 5.32 Å². The van der Waals surface area contributed by atoms with Crippen LogP contribution in [-0.4, -0.2) is 67.9 Å². The second-order valence-corrected chi connectivity index (χ2v) is 8.24. The summed E-state index contributed by atoms with van der Waals surface area (Å²) in [4.78, 5) is 1.82. The van der Waals surface area contributed by atoms with Gasteiger partial charge in [0.05, 0.1) is 0 Å². The molecule has 5 nitrogen and oxygen atoms in total. The molecule has 0 radical (unpaired) electrons. The highest BCUT2D eigenvalue weighted by Gasteiger charge is 2.34. The Balaban J connectivity index is 2.59. The second kappa shape index (κ2) is 8.28. The van der Waals surface area contributed by atoms with E-state index in [1.807, 2.05) is 4.90 Å². The molecule has 0 aromatic heterocycles. The molecular weight excluding hydrogens is 304 g/mol. The van der Waals surface area contributed by atoms with E-state index in [0.29, 0.717) is 30.6 Å². The molecule has 0 aromatic carbocycles. The number of thioether (sulfide) groups is 1. The van der Waals surface area contributed by atoms with Gasteiger partial charge in [0.25, 0.3) is 0 Å². The summed E-state index contributed by atoms with van der Waals surface area (Å²) in [5.41, 5.74) is 0. The molecule has 1 rings (SSSR count). The number of sulfone groups is 1. The number of methoxy groups -OCH3 is 1. The van der Waals surface area contributed by atoms with Crippen LogP contribution in [0.15, 0.2) is 0 Å². The number of nitrogens with zero attached hydrogens (tertiary/aromatic N) is 1. The van der Waals surface area contributed by atoms with Gasteiger partial charge in [0.15, 0.2) is 14.9 Å². The lowest BCUT2D eigenvalue weighted by atomic mass is 10.4. The quantitative estimate of drug-likeness (QED) is 0.570. The summed E-state index contributed by atoms with van der Waals surface area (Å²) in [6.07, 6.45) is 0.852. The van der Waals surface area contributed by atoms with Crippen molar-refractivity contribution in [3.63, 3.8) is 0 Å². The second-order valence-electron chi connectivity index (χ2n) is 4.25. The Bertz CT molecular complexity index is 387. The van der Waals surface area contributed by atoms with Gasteiger partial charge in [-0.25, -0.2) is 8.42 Å². The first kappa shape index (κ1) is 17.0. The standard InChI is InChI=1S/C11H22N2O3S3/c1-3-19(14,15)10-9-18-8-6-13(10)11(17)12-5-4-7-16-2/h10H,3-9H2,1-2H3,(H,12,17). The summed E-state index contributed by atoms with van der Waals surface area (Å²) in [7, 11) is -1.44. The van der Waals surface area contributed by atoms with Crippen molar-refractivity contribution in [3.8, 4) is 0 Å². The van der Waals surface area contributed by atoms with Crippen LogP contribution in [0, 0.1) is 0 Å². The topological polar surface area (TPSA) is 58.6 Å². The van der Waals surface area contributed by atoms with Crippen LogP contribution in [0.3, 0.4) is 0 Å². The maximum absolute atomic E-state index is 12.1. The van der Waals surface area contributed by atoms with E-state index >= 15 is 0 Å². The summed E-state index contributed by atoms with van der Waals surface area (Å²) in [6.45, 7) is 3.74. The number of hydrogen-bond acceptors (Lipinski definition) is 5. The van der Waals surface area contributed by atoms with Gasteiger partial charge in [-0.3, -0.25) is 0 Å². The molecule has 1 N–H and O–H groups in total. The Morgan fingerprint density at radius 3 is 2.95 bits per heavy atom. The van der Waals surface area contributed by atoms with Gasteiger partial charge >= 0.3 is 0 Å². The molecule has 0 saturated carbocycles. The van der Waals surface area contributed by atoms with Gasteiger partial charge in [-0.2, -0.15) is 11.8 Å². The number of nitrogens with one attached hydrogen (secondary N) is 1. The third kappa shape index (κ3) is 5.09. The van der Waals surface area contributed by atoms with Crippen molar-refractivity contribution in [2.24, 2.45) is 0 Å². The summed E-state index contributed by atoms with van der Waals surface area (Å²) in [5.74, 6) is 1.66. The molecule has 0 aromatic rings. The average Bonchev–Trinajstić information content (AvgIpc) is 2.43. The van der Waals surface area contributed by atoms with E-state index in [-0.39, 0.29) is 5.75 Å². The number of hydrogen-bond donors (Lipinski definition) is 1. The van der Waals surface area contributed by atoms with Crippen LogP contribution >= 0.6 is 24.0 Å². The molecule has 1 aliphatic heterocycles. The van der Waals surface area contributed by atoms with Gasteiger partial charge < -0.3 is 15.0 Å². The Hall–Kier alpha value is -0.0500. The molecule has 1 atom stereocenters. The van der Waals surface area contributed by atoms with E-state index in [1.165, 1.54) is 0 Å². The first-order valence-electron chi connectivity index (χ1n) is 6.35. The minimum absolute atomic E-state index is 0.154. The van der Waals surface area contributed by atoms with E-state index in [0.717, 1.165) is 12.2 Å². The van der Waals surface area contributed by atoms with Crippen LogP contribution in [0.5, 0.6) is 0 Å². The Labute approximate surface area is 125 Å². The zero-order valence-corrected chi connectivity index (χ0v) is 13.9. The number of ether oxygens (including phenoxy) is 1.